The van der Waals surface area contributed by atoms with E-state index < -0.39 is 21.6 Å². The SMILES string of the molecule is CS(=O)(=O)c1ccc(C(=O)OCc2cccc(F)c2)cc1. The third-order valence-corrected chi connectivity index (χ3v) is 3.91. The van der Waals surface area contributed by atoms with E-state index in [-0.39, 0.29) is 17.1 Å². The lowest BCUT2D eigenvalue weighted by Crippen LogP contribution is -2.06. The summed E-state index contributed by atoms with van der Waals surface area (Å²) < 4.78 is 40.6. The topological polar surface area (TPSA) is 60.4 Å². The van der Waals surface area contributed by atoms with Gasteiger partial charge in [0.15, 0.2) is 9.84 Å². The minimum Gasteiger partial charge on any atom is -0.457 e. The zero-order valence-corrected chi connectivity index (χ0v) is 12.1. The molecule has 0 aliphatic carbocycles. The van der Waals surface area contributed by atoms with Gasteiger partial charge in [-0.1, -0.05) is 12.1 Å². The van der Waals surface area contributed by atoms with Gasteiger partial charge in [-0.05, 0) is 42.0 Å². The van der Waals surface area contributed by atoms with Gasteiger partial charge >= 0.3 is 5.97 Å². The molecule has 0 bridgehead atoms. The van der Waals surface area contributed by atoms with Gasteiger partial charge in [-0.3, -0.25) is 0 Å². The number of esters is 1. The van der Waals surface area contributed by atoms with Crippen LogP contribution in [-0.2, 0) is 21.2 Å². The number of ether oxygens (including phenoxy) is 1. The predicted molar refractivity (Wildman–Crippen MR) is 75.1 cm³/mol. The van der Waals surface area contributed by atoms with E-state index in [1.54, 1.807) is 6.07 Å². The number of benzene rings is 2. The smallest absolute Gasteiger partial charge is 0.338 e. The summed E-state index contributed by atoms with van der Waals surface area (Å²) in [6, 6.07) is 11.2. The number of carbonyl (C=O) groups excluding carboxylic acids is 1. The van der Waals surface area contributed by atoms with E-state index in [1.807, 2.05) is 0 Å². The summed E-state index contributed by atoms with van der Waals surface area (Å²) in [5.74, 6) is -1.000. The number of carbonyl (C=O) groups is 1. The van der Waals surface area contributed by atoms with Crippen LogP contribution in [0.4, 0.5) is 4.39 Å². The van der Waals surface area contributed by atoms with E-state index in [0.717, 1.165) is 6.26 Å². The Hall–Kier alpha value is -2.21. The number of hydrogen-bond acceptors (Lipinski definition) is 4. The molecule has 0 heterocycles. The molecule has 0 fully saturated rings. The van der Waals surface area contributed by atoms with Crippen LogP contribution in [0.3, 0.4) is 0 Å². The molecule has 0 saturated heterocycles. The molecule has 21 heavy (non-hydrogen) atoms. The van der Waals surface area contributed by atoms with Gasteiger partial charge in [0, 0.05) is 6.26 Å². The molecule has 4 nitrogen and oxygen atoms in total. The molecule has 2 aromatic rings. The van der Waals surface area contributed by atoms with Gasteiger partial charge in [0.2, 0.25) is 0 Å². The lowest BCUT2D eigenvalue weighted by atomic mass is 10.2. The first-order valence-corrected chi connectivity index (χ1v) is 7.97. The minimum atomic E-state index is -3.30. The van der Waals surface area contributed by atoms with Gasteiger partial charge in [-0.2, -0.15) is 0 Å². The zero-order valence-electron chi connectivity index (χ0n) is 11.2. The Morgan fingerprint density at radius 1 is 1.14 bits per heavy atom. The highest BCUT2D eigenvalue weighted by Gasteiger charge is 2.11. The third kappa shape index (κ3) is 4.13. The molecule has 2 rings (SSSR count). The Labute approximate surface area is 122 Å². The average molecular weight is 308 g/mol. The van der Waals surface area contributed by atoms with E-state index >= 15 is 0 Å². The molecule has 0 radical (unpaired) electrons. The van der Waals surface area contributed by atoms with Crippen molar-refractivity contribution in [2.45, 2.75) is 11.5 Å². The van der Waals surface area contributed by atoms with E-state index in [2.05, 4.69) is 0 Å². The molecule has 110 valence electrons. The van der Waals surface area contributed by atoms with Gasteiger partial charge in [0.05, 0.1) is 10.5 Å². The second-order valence-corrected chi connectivity index (χ2v) is 6.52. The number of hydrogen-bond donors (Lipinski definition) is 0. The summed E-state index contributed by atoms with van der Waals surface area (Å²) in [4.78, 5) is 11.9. The number of halogens is 1. The molecule has 2 aromatic carbocycles. The second kappa shape index (κ2) is 6.05. The van der Waals surface area contributed by atoms with E-state index in [4.69, 9.17) is 4.74 Å². The van der Waals surface area contributed by atoms with Crippen molar-refractivity contribution < 1.29 is 22.3 Å². The number of sulfone groups is 1. The molecule has 0 N–H and O–H groups in total. The van der Waals surface area contributed by atoms with Gasteiger partial charge in [0.1, 0.15) is 12.4 Å². The maximum absolute atomic E-state index is 13.0. The van der Waals surface area contributed by atoms with E-state index in [1.165, 1.54) is 42.5 Å². The molecule has 6 heteroatoms. The van der Waals surface area contributed by atoms with Crippen LogP contribution in [0.1, 0.15) is 15.9 Å². The van der Waals surface area contributed by atoms with Crippen molar-refractivity contribution in [3.63, 3.8) is 0 Å². The molecular weight excluding hydrogens is 295 g/mol. The largest absolute Gasteiger partial charge is 0.457 e. The van der Waals surface area contributed by atoms with Crippen LogP contribution < -0.4 is 0 Å². The first kappa shape index (κ1) is 15.2. The molecular formula is C15H13FO4S. The molecule has 0 atom stereocenters. The van der Waals surface area contributed by atoms with Gasteiger partial charge < -0.3 is 4.74 Å². The Balaban J connectivity index is 2.04. The second-order valence-electron chi connectivity index (χ2n) is 4.50. The summed E-state index contributed by atoms with van der Waals surface area (Å²) >= 11 is 0. The van der Waals surface area contributed by atoms with Crippen LogP contribution in [-0.4, -0.2) is 20.6 Å². The summed E-state index contributed by atoms with van der Waals surface area (Å²) in [6.07, 6.45) is 1.09. The van der Waals surface area contributed by atoms with Crippen LogP contribution >= 0.6 is 0 Å². The van der Waals surface area contributed by atoms with Crippen molar-refractivity contribution in [2.24, 2.45) is 0 Å². The van der Waals surface area contributed by atoms with Crippen molar-refractivity contribution >= 4 is 15.8 Å². The van der Waals surface area contributed by atoms with Gasteiger partial charge in [0.25, 0.3) is 0 Å². The van der Waals surface area contributed by atoms with Crippen LogP contribution in [0, 0.1) is 5.82 Å². The van der Waals surface area contributed by atoms with Gasteiger partial charge in [-0.25, -0.2) is 17.6 Å². The van der Waals surface area contributed by atoms with Crippen LogP contribution in [0.15, 0.2) is 53.4 Å². The molecule has 0 aliphatic heterocycles. The van der Waals surface area contributed by atoms with Crippen LogP contribution in [0.5, 0.6) is 0 Å². The third-order valence-electron chi connectivity index (χ3n) is 2.78. The standard InChI is InChI=1S/C15H13FO4S/c1-21(18,19)14-7-5-12(6-8-14)15(17)20-10-11-3-2-4-13(16)9-11/h2-9H,10H2,1H3. The highest BCUT2D eigenvalue weighted by Crippen LogP contribution is 2.12. The van der Waals surface area contributed by atoms with E-state index in [9.17, 15) is 17.6 Å². The number of rotatable bonds is 4. The molecule has 0 unspecified atom stereocenters. The fourth-order valence-electron chi connectivity index (χ4n) is 1.70. The summed E-state index contributed by atoms with van der Waals surface area (Å²) in [5, 5.41) is 0. The van der Waals surface area contributed by atoms with Crippen molar-refractivity contribution in [1.29, 1.82) is 0 Å². The fourth-order valence-corrected chi connectivity index (χ4v) is 2.33. The van der Waals surface area contributed by atoms with Crippen LogP contribution in [0.2, 0.25) is 0 Å². The molecule has 0 saturated carbocycles. The summed E-state index contributed by atoms with van der Waals surface area (Å²) in [7, 11) is -3.30. The maximum atomic E-state index is 13.0. The van der Waals surface area contributed by atoms with E-state index in [0.29, 0.717) is 5.56 Å². The Morgan fingerprint density at radius 3 is 2.38 bits per heavy atom. The lowest BCUT2D eigenvalue weighted by Gasteiger charge is -2.06. The van der Waals surface area contributed by atoms with Crippen molar-refractivity contribution in [3.05, 3.63) is 65.5 Å². The normalized spacial score (nSPS) is 11.1. The maximum Gasteiger partial charge on any atom is 0.338 e. The summed E-state index contributed by atoms with van der Waals surface area (Å²) in [5.41, 5.74) is 0.773. The lowest BCUT2D eigenvalue weighted by molar-refractivity contribution is 0.0472. The Bertz CT molecular complexity index is 751. The molecule has 0 spiro atoms. The van der Waals surface area contributed by atoms with Crippen LogP contribution in [0.25, 0.3) is 0 Å². The van der Waals surface area contributed by atoms with Gasteiger partial charge in [-0.15, -0.1) is 0 Å². The first-order valence-electron chi connectivity index (χ1n) is 6.08. The molecule has 0 amide bonds. The predicted octanol–water partition coefficient (Wildman–Crippen LogP) is 2.59. The van der Waals surface area contributed by atoms with Crippen molar-refractivity contribution in [2.75, 3.05) is 6.26 Å². The zero-order chi connectivity index (χ0) is 15.5. The minimum absolute atomic E-state index is 0.0512. The molecule has 0 aliphatic rings. The highest BCUT2D eigenvalue weighted by molar-refractivity contribution is 7.90. The summed E-state index contributed by atoms with van der Waals surface area (Å²) in [6.45, 7) is -0.0512. The monoisotopic (exact) mass is 308 g/mol. The fraction of sp³-hybridized carbons (Fsp3) is 0.133. The van der Waals surface area contributed by atoms with Crippen molar-refractivity contribution in [1.82, 2.24) is 0 Å². The average Bonchev–Trinajstić information content (AvgIpc) is 2.44. The Morgan fingerprint density at radius 2 is 1.81 bits per heavy atom. The highest BCUT2D eigenvalue weighted by atomic mass is 32.2. The quantitative estimate of drug-likeness (QED) is 0.815. The first-order chi connectivity index (χ1) is 9.86. The molecule has 0 aromatic heterocycles. The van der Waals surface area contributed by atoms with Crippen molar-refractivity contribution in [3.8, 4) is 0 Å². The Kier molecular flexibility index (Phi) is 4.37.